The molecule has 2 rings (SSSR count). The number of carbonyl (C=O) groups excluding carboxylic acids is 2. The van der Waals surface area contributed by atoms with E-state index in [2.05, 4.69) is 6.92 Å². The number of unbranched alkanes of at least 4 members (excludes halogenated alkanes) is 2. The summed E-state index contributed by atoms with van der Waals surface area (Å²) in [6, 6.07) is 0. The molecule has 2 aliphatic heterocycles. The third-order valence-electron chi connectivity index (χ3n) is 4.74. The van der Waals surface area contributed by atoms with Crippen molar-refractivity contribution in [3.63, 3.8) is 0 Å². The second-order valence-corrected chi connectivity index (χ2v) is 6.70. The maximum absolute atomic E-state index is 12.0. The molecule has 4 nitrogen and oxygen atoms in total. The second kappa shape index (κ2) is 9.29. The second-order valence-electron chi connectivity index (χ2n) is 6.70. The van der Waals surface area contributed by atoms with Crippen LogP contribution in [-0.4, -0.2) is 30.1 Å². The Balaban J connectivity index is 1.86. The zero-order chi connectivity index (χ0) is 15.8. The molecular formula is C18H30O4. The number of ether oxygens (including phenoxy) is 2. The van der Waals surface area contributed by atoms with E-state index in [0.717, 1.165) is 44.9 Å². The van der Waals surface area contributed by atoms with Gasteiger partial charge in [0.25, 0.3) is 0 Å². The van der Waals surface area contributed by atoms with E-state index in [1.807, 2.05) is 0 Å². The number of Topliss-reactive ketones (excluding diaryl/α,β-unsaturated/α-hetero) is 1. The Labute approximate surface area is 133 Å². The van der Waals surface area contributed by atoms with Crippen molar-refractivity contribution in [1.82, 2.24) is 0 Å². The predicted molar refractivity (Wildman–Crippen MR) is 84.6 cm³/mol. The first-order valence-corrected chi connectivity index (χ1v) is 9.06. The molecule has 0 aromatic rings. The zero-order valence-corrected chi connectivity index (χ0v) is 13.9. The minimum Gasteiger partial charge on any atom is -0.462 e. The average molecular weight is 310 g/mol. The molecular weight excluding hydrogens is 280 g/mol. The van der Waals surface area contributed by atoms with Crippen LogP contribution < -0.4 is 0 Å². The van der Waals surface area contributed by atoms with Crippen molar-refractivity contribution < 1.29 is 19.1 Å². The number of hydrogen-bond donors (Lipinski definition) is 0. The summed E-state index contributed by atoms with van der Waals surface area (Å²) in [5, 5.41) is 0. The van der Waals surface area contributed by atoms with Crippen molar-refractivity contribution in [3.8, 4) is 0 Å². The lowest BCUT2D eigenvalue weighted by atomic mass is 10.0. The number of fused-ring (bicyclic) bond motifs is 2. The van der Waals surface area contributed by atoms with Gasteiger partial charge in [0, 0.05) is 12.8 Å². The van der Waals surface area contributed by atoms with E-state index < -0.39 is 0 Å². The van der Waals surface area contributed by atoms with Gasteiger partial charge in [-0.15, -0.1) is 0 Å². The van der Waals surface area contributed by atoms with Gasteiger partial charge in [-0.1, -0.05) is 32.6 Å². The third-order valence-corrected chi connectivity index (χ3v) is 4.74. The van der Waals surface area contributed by atoms with Crippen LogP contribution in [0.2, 0.25) is 0 Å². The molecule has 0 saturated carbocycles. The molecule has 0 N–H and O–H groups in total. The summed E-state index contributed by atoms with van der Waals surface area (Å²) in [5.41, 5.74) is 0. The molecule has 0 aliphatic carbocycles. The van der Waals surface area contributed by atoms with E-state index in [1.165, 1.54) is 12.8 Å². The first-order valence-electron chi connectivity index (χ1n) is 9.06. The van der Waals surface area contributed by atoms with E-state index >= 15 is 0 Å². The molecule has 2 aliphatic rings. The zero-order valence-electron chi connectivity index (χ0n) is 13.9. The smallest absolute Gasteiger partial charge is 0.306 e. The van der Waals surface area contributed by atoms with Gasteiger partial charge in [0.2, 0.25) is 0 Å². The van der Waals surface area contributed by atoms with Gasteiger partial charge in [0.15, 0.2) is 5.78 Å². The highest BCUT2D eigenvalue weighted by Crippen LogP contribution is 2.26. The number of esters is 1. The van der Waals surface area contributed by atoms with Crippen LogP contribution >= 0.6 is 0 Å². The highest BCUT2D eigenvalue weighted by Gasteiger charge is 2.33. The summed E-state index contributed by atoms with van der Waals surface area (Å²) in [6.45, 7) is 2.18. The Morgan fingerprint density at radius 3 is 2.68 bits per heavy atom. The highest BCUT2D eigenvalue weighted by atomic mass is 16.5. The van der Waals surface area contributed by atoms with E-state index in [-0.39, 0.29) is 30.1 Å². The Kier molecular flexibility index (Phi) is 7.37. The van der Waals surface area contributed by atoms with Crippen molar-refractivity contribution in [1.29, 1.82) is 0 Å². The van der Waals surface area contributed by atoms with Gasteiger partial charge >= 0.3 is 5.97 Å². The van der Waals surface area contributed by atoms with Crippen LogP contribution in [0.15, 0.2) is 0 Å². The first-order chi connectivity index (χ1) is 10.7. The summed E-state index contributed by atoms with van der Waals surface area (Å²) in [4.78, 5) is 23.9. The molecule has 0 unspecified atom stereocenters. The molecule has 0 aromatic heterocycles. The fourth-order valence-corrected chi connectivity index (χ4v) is 3.41. The van der Waals surface area contributed by atoms with Gasteiger partial charge in [0.1, 0.15) is 12.2 Å². The molecule has 2 heterocycles. The fraction of sp³-hybridized carbons (Fsp3) is 0.889. The van der Waals surface area contributed by atoms with Gasteiger partial charge in [-0.3, -0.25) is 9.59 Å². The minimum absolute atomic E-state index is 0.0635. The topological polar surface area (TPSA) is 52.6 Å². The Morgan fingerprint density at radius 1 is 1.05 bits per heavy atom. The minimum atomic E-state index is -0.378. The lowest BCUT2D eigenvalue weighted by molar-refractivity contribution is -0.150. The van der Waals surface area contributed by atoms with Crippen LogP contribution in [-0.2, 0) is 19.1 Å². The van der Waals surface area contributed by atoms with Crippen molar-refractivity contribution in [3.05, 3.63) is 0 Å². The summed E-state index contributed by atoms with van der Waals surface area (Å²) in [6.07, 6.45) is 10.8. The van der Waals surface area contributed by atoms with Crippen LogP contribution in [0.4, 0.5) is 0 Å². The molecule has 4 heteroatoms. The normalized spacial score (nSPS) is 31.0. The molecule has 126 valence electrons. The molecule has 2 fully saturated rings. The SMILES string of the molecule is CCCCC[C@H]1CCCCC[C@H]2CC(=O)[C@@H](CCC(=O)O1)O2. The molecule has 0 radical (unpaired) electrons. The molecule has 0 amide bonds. The summed E-state index contributed by atoms with van der Waals surface area (Å²) in [7, 11) is 0. The summed E-state index contributed by atoms with van der Waals surface area (Å²) >= 11 is 0. The predicted octanol–water partition coefficient (Wildman–Crippen LogP) is 3.95. The lowest BCUT2D eigenvalue weighted by Gasteiger charge is -2.18. The third kappa shape index (κ3) is 5.71. The number of ketones is 1. The number of hydrogen-bond acceptors (Lipinski definition) is 4. The van der Waals surface area contributed by atoms with Crippen molar-refractivity contribution in [2.45, 2.75) is 102 Å². The summed E-state index contributed by atoms with van der Waals surface area (Å²) < 4.78 is 11.4. The van der Waals surface area contributed by atoms with E-state index in [4.69, 9.17) is 9.47 Å². The van der Waals surface area contributed by atoms with Crippen molar-refractivity contribution in [2.24, 2.45) is 0 Å². The highest BCUT2D eigenvalue weighted by molar-refractivity contribution is 5.85. The Bertz CT molecular complexity index is 366. The van der Waals surface area contributed by atoms with Crippen LogP contribution in [0.1, 0.15) is 84.0 Å². The Morgan fingerprint density at radius 2 is 1.86 bits per heavy atom. The largest absolute Gasteiger partial charge is 0.462 e. The van der Waals surface area contributed by atoms with Gasteiger partial charge in [-0.05, 0) is 38.5 Å². The number of cyclic esters (lactones) is 1. The maximum Gasteiger partial charge on any atom is 0.306 e. The molecule has 0 spiro atoms. The fourth-order valence-electron chi connectivity index (χ4n) is 3.41. The molecule has 22 heavy (non-hydrogen) atoms. The van der Waals surface area contributed by atoms with Crippen LogP contribution in [0.25, 0.3) is 0 Å². The number of rotatable bonds is 4. The summed E-state index contributed by atoms with van der Waals surface area (Å²) in [5.74, 6) is -0.00468. The van der Waals surface area contributed by atoms with Crippen LogP contribution in [0.3, 0.4) is 0 Å². The van der Waals surface area contributed by atoms with Crippen LogP contribution in [0.5, 0.6) is 0 Å². The molecule has 2 saturated heterocycles. The molecule has 2 bridgehead atoms. The van der Waals surface area contributed by atoms with Crippen molar-refractivity contribution >= 4 is 11.8 Å². The Hall–Kier alpha value is -0.900. The quantitative estimate of drug-likeness (QED) is 0.583. The first kappa shape index (κ1) is 17.5. The van der Waals surface area contributed by atoms with Gasteiger partial charge in [0.05, 0.1) is 6.10 Å². The van der Waals surface area contributed by atoms with E-state index in [9.17, 15) is 9.59 Å². The van der Waals surface area contributed by atoms with E-state index in [0.29, 0.717) is 19.3 Å². The molecule has 0 aromatic carbocycles. The monoisotopic (exact) mass is 310 g/mol. The lowest BCUT2D eigenvalue weighted by Crippen LogP contribution is -2.21. The van der Waals surface area contributed by atoms with Crippen molar-refractivity contribution in [2.75, 3.05) is 0 Å². The van der Waals surface area contributed by atoms with Gasteiger partial charge < -0.3 is 9.47 Å². The molecule has 3 atom stereocenters. The number of carbonyl (C=O) groups is 2. The maximum atomic E-state index is 12.0. The van der Waals surface area contributed by atoms with E-state index in [1.54, 1.807) is 0 Å². The average Bonchev–Trinajstić information content (AvgIpc) is 2.84. The van der Waals surface area contributed by atoms with Crippen LogP contribution in [0, 0.1) is 0 Å². The van der Waals surface area contributed by atoms with Gasteiger partial charge in [-0.2, -0.15) is 0 Å². The standard InChI is InChI=1S/C18H30O4/c1-2-3-5-8-14-9-6-4-7-10-15-13-16(19)17(21-15)11-12-18(20)22-14/h14-15,17H,2-13H2,1H3/t14-,15-,17+/m0/s1. The van der Waals surface area contributed by atoms with Gasteiger partial charge in [-0.25, -0.2) is 0 Å².